The van der Waals surface area contributed by atoms with Gasteiger partial charge in [-0.2, -0.15) is 0 Å². The van der Waals surface area contributed by atoms with Gasteiger partial charge in [0.25, 0.3) is 0 Å². The lowest BCUT2D eigenvalue weighted by Gasteiger charge is -2.14. The molecule has 3 nitrogen and oxygen atoms in total. The Hall–Kier alpha value is -0.790. The lowest BCUT2D eigenvalue weighted by molar-refractivity contribution is 0.284. The normalized spacial score (nSPS) is 14.8. The van der Waals surface area contributed by atoms with Crippen LogP contribution in [0.4, 0.5) is 0 Å². The van der Waals surface area contributed by atoms with Gasteiger partial charge in [-0.15, -0.1) is 0 Å². The van der Waals surface area contributed by atoms with Gasteiger partial charge in [0.1, 0.15) is 5.75 Å². The van der Waals surface area contributed by atoms with Crippen LogP contribution in [0.25, 0.3) is 0 Å². The van der Waals surface area contributed by atoms with Gasteiger partial charge < -0.3 is 9.05 Å². The molecule has 78 valence electrons. The molecule has 1 aromatic carbocycles. The van der Waals surface area contributed by atoms with Crippen molar-refractivity contribution in [2.24, 2.45) is 0 Å². The first kappa shape index (κ1) is 11.3. The van der Waals surface area contributed by atoms with Gasteiger partial charge >= 0.3 is 7.60 Å². The van der Waals surface area contributed by atoms with Gasteiger partial charge in [0.15, 0.2) is 0 Å². The van der Waals surface area contributed by atoms with Crippen molar-refractivity contribution < 1.29 is 13.6 Å². The molecule has 0 saturated heterocycles. The van der Waals surface area contributed by atoms with Crippen molar-refractivity contribution in [1.29, 1.82) is 0 Å². The lowest BCUT2D eigenvalue weighted by atomic mass is 10.2. The van der Waals surface area contributed by atoms with Crippen LogP contribution in [0.5, 0.6) is 5.75 Å². The lowest BCUT2D eigenvalue weighted by Crippen LogP contribution is -1.96. The second-order valence-electron chi connectivity index (χ2n) is 3.10. The minimum Gasteiger partial charge on any atom is -0.425 e. The molecule has 0 aliphatic heterocycles. The maximum absolute atomic E-state index is 11.7. The maximum atomic E-state index is 11.7. The third-order valence-electron chi connectivity index (χ3n) is 1.62. The topological polar surface area (TPSA) is 35.5 Å². The van der Waals surface area contributed by atoms with E-state index in [1.54, 1.807) is 13.0 Å². The predicted molar refractivity (Wildman–Crippen MR) is 57.0 cm³/mol. The highest BCUT2D eigenvalue weighted by atomic mass is 31.2. The Morgan fingerprint density at radius 1 is 1.43 bits per heavy atom. The average molecular weight is 214 g/mol. The highest BCUT2D eigenvalue weighted by Crippen LogP contribution is 2.44. The minimum atomic E-state index is -2.93. The van der Waals surface area contributed by atoms with E-state index >= 15 is 0 Å². The smallest absolute Gasteiger partial charge is 0.376 e. The van der Waals surface area contributed by atoms with Crippen LogP contribution < -0.4 is 4.52 Å². The van der Waals surface area contributed by atoms with E-state index in [1.807, 2.05) is 25.1 Å². The highest BCUT2D eigenvalue weighted by molar-refractivity contribution is 7.53. The summed E-state index contributed by atoms with van der Waals surface area (Å²) in [6, 6.07) is 7.40. The summed E-state index contributed by atoms with van der Waals surface area (Å²) < 4.78 is 21.9. The van der Waals surface area contributed by atoms with Crippen LogP contribution >= 0.6 is 7.60 Å². The molecule has 0 bridgehead atoms. The monoisotopic (exact) mass is 214 g/mol. The first-order valence-electron chi connectivity index (χ1n) is 4.52. The van der Waals surface area contributed by atoms with Gasteiger partial charge in [-0.1, -0.05) is 12.1 Å². The molecular formula is C10H15O3P. The highest BCUT2D eigenvalue weighted by Gasteiger charge is 2.17. The van der Waals surface area contributed by atoms with Crippen LogP contribution in [-0.2, 0) is 9.09 Å². The Morgan fingerprint density at radius 3 is 2.71 bits per heavy atom. The number of aryl methyl sites for hydroxylation is 1. The Bertz CT molecular complexity index is 349. The zero-order valence-electron chi connectivity index (χ0n) is 8.69. The van der Waals surface area contributed by atoms with Crippen molar-refractivity contribution >= 4 is 7.60 Å². The van der Waals surface area contributed by atoms with Gasteiger partial charge in [0.05, 0.1) is 6.61 Å². The molecule has 0 heterocycles. The van der Waals surface area contributed by atoms with Crippen molar-refractivity contribution in [2.75, 3.05) is 13.3 Å². The first-order valence-corrected chi connectivity index (χ1v) is 6.51. The summed E-state index contributed by atoms with van der Waals surface area (Å²) in [7, 11) is -2.93. The fraction of sp³-hybridized carbons (Fsp3) is 0.400. The Labute approximate surface area is 84.6 Å². The van der Waals surface area contributed by atoms with Crippen molar-refractivity contribution in [3.63, 3.8) is 0 Å². The maximum Gasteiger partial charge on any atom is 0.376 e. The largest absolute Gasteiger partial charge is 0.425 e. The van der Waals surface area contributed by atoms with Crippen LogP contribution in [0.2, 0.25) is 0 Å². The third-order valence-corrected chi connectivity index (χ3v) is 2.89. The van der Waals surface area contributed by atoms with Crippen LogP contribution in [0.3, 0.4) is 0 Å². The molecule has 0 amide bonds. The van der Waals surface area contributed by atoms with Crippen molar-refractivity contribution in [1.82, 2.24) is 0 Å². The average Bonchev–Trinajstić information content (AvgIpc) is 2.02. The molecule has 0 spiro atoms. The summed E-state index contributed by atoms with van der Waals surface area (Å²) in [6.07, 6.45) is 0. The van der Waals surface area contributed by atoms with Crippen molar-refractivity contribution in [3.8, 4) is 5.75 Å². The first-order chi connectivity index (χ1) is 6.53. The number of hydrogen-bond acceptors (Lipinski definition) is 3. The zero-order chi connectivity index (χ0) is 10.6. The van der Waals surface area contributed by atoms with E-state index in [0.29, 0.717) is 12.4 Å². The summed E-state index contributed by atoms with van der Waals surface area (Å²) in [6.45, 7) is 5.60. The summed E-state index contributed by atoms with van der Waals surface area (Å²) >= 11 is 0. The molecular weight excluding hydrogens is 199 g/mol. The summed E-state index contributed by atoms with van der Waals surface area (Å²) in [5.74, 6) is 0.587. The zero-order valence-corrected chi connectivity index (χ0v) is 9.58. The summed E-state index contributed by atoms with van der Waals surface area (Å²) in [5.41, 5.74) is 1.07. The predicted octanol–water partition coefficient (Wildman–Crippen LogP) is 3.23. The summed E-state index contributed by atoms with van der Waals surface area (Å²) in [5, 5.41) is 0. The van der Waals surface area contributed by atoms with Crippen LogP contribution in [0, 0.1) is 6.92 Å². The molecule has 0 aliphatic rings. The molecule has 0 aromatic heterocycles. The second kappa shape index (κ2) is 4.63. The number of rotatable bonds is 4. The van der Waals surface area contributed by atoms with E-state index in [0.717, 1.165) is 5.56 Å². The van der Waals surface area contributed by atoms with E-state index in [9.17, 15) is 4.57 Å². The Kier molecular flexibility index (Phi) is 3.73. The second-order valence-corrected chi connectivity index (χ2v) is 5.08. The fourth-order valence-corrected chi connectivity index (χ4v) is 2.14. The number of hydrogen-bond donors (Lipinski definition) is 0. The van der Waals surface area contributed by atoms with E-state index in [1.165, 1.54) is 6.66 Å². The minimum absolute atomic E-state index is 0.388. The SMILES string of the molecule is CCOP(C)(=O)Oc1cccc(C)c1. The van der Waals surface area contributed by atoms with E-state index in [2.05, 4.69) is 0 Å². The van der Waals surface area contributed by atoms with Gasteiger partial charge in [-0.3, -0.25) is 0 Å². The quantitative estimate of drug-likeness (QED) is 0.722. The van der Waals surface area contributed by atoms with Crippen LogP contribution in [0.1, 0.15) is 12.5 Å². The molecule has 0 N–H and O–H groups in total. The molecule has 1 atom stereocenters. The van der Waals surface area contributed by atoms with Gasteiger partial charge in [-0.05, 0) is 31.5 Å². The third kappa shape index (κ3) is 3.52. The van der Waals surface area contributed by atoms with E-state index in [4.69, 9.17) is 9.05 Å². The van der Waals surface area contributed by atoms with Crippen molar-refractivity contribution in [2.45, 2.75) is 13.8 Å². The van der Waals surface area contributed by atoms with Gasteiger partial charge in [0.2, 0.25) is 0 Å². The standard InChI is InChI=1S/C10H15O3P/c1-4-12-14(3,11)13-10-7-5-6-9(2)8-10/h5-8H,4H2,1-3H3. The Balaban J connectivity index is 2.73. The van der Waals surface area contributed by atoms with E-state index in [-0.39, 0.29) is 0 Å². The molecule has 1 aromatic rings. The molecule has 1 rings (SSSR count). The van der Waals surface area contributed by atoms with Crippen molar-refractivity contribution in [3.05, 3.63) is 29.8 Å². The molecule has 0 saturated carbocycles. The van der Waals surface area contributed by atoms with Crippen LogP contribution in [-0.4, -0.2) is 13.3 Å². The Morgan fingerprint density at radius 2 is 2.14 bits per heavy atom. The van der Waals surface area contributed by atoms with Gasteiger partial charge in [0, 0.05) is 6.66 Å². The fourth-order valence-electron chi connectivity index (χ4n) is 1.12. The molecule has 0 radical (unpaired) electrons. The molecule has 4 heteroatoms. The summed E-state index contributed by atoms with van der Waals surface area (Å²) in [4.78, 5) is 0. The molecule has 1 unspecified atom stereocenters. The molecule has 0 fully saturated rings. The van der Waals surface area contributed by atoms with Gasteiger partial charge in [-0.25, -0.2) is 4.57 Å². The molecule has 0 aliphatic carbocycles. The van der Waals surface area contributed by atoms with Crippen LogP contribution in [0.15, 0.2) is 24.3 Å². The molecule has 14 heavy (non-hydrogen) atoms. The number of benzene rings is 1. The van der Waals surface area contributed by atoms with E-state index < -0.39 is 7.60 Å².